The Balaban J connectivity index is 0.997. The lowest BCUT2D eigenvalue weighted by atomic mass is 9.94. The molecular formula is C47H61NO3S5. The summed E-state index contributed by atoms with van der Waals surface area (Å²) in [5, 5.41) is 0. The lowest BCUT2D eigenvalue weighted by Gasteiger charge is -2.18. The first-order valence-corrected chi connectivity index (χ1v) is 25.4. The number of thiophene rings is 5. The van der Waals surface area contributed by atoms with Gasteiger partial charge in [-0.25, -0.2) is 0 Å². The van der Waals surface area contributed by atoms with E-state index in [1.165, 1.54) is 142 Å². The number of unbranched alkanes of at least 4 members (excludes halogenated alkanes) is 12. The predicted octanol–water partition coefficient (Wildman–Crippen LogP) is 16.2. The zero-order valence-electron chi connectivity index (χ0n) is 34.1. The van der Waals surface area contributed by atoms with Gasteiger partial charge in [-0.15, -0.1) is 56.7 Å². The van der Waals surface area contributed by atoms with Gasteiger partial charge in [-0.05, 0) is 87.6 Å². The fourth-order valence-corrected chi connectivity index (χ4v) is 13.2. The van der Waals surface area contributed by atoms with Crippen LogP contribution in [0.25, 0.3) is 39.0 Å². The molecule has 0 saturated carbocycles. The Bertz CT molecular complexity index is 1970. The van der Waals surface area contributed by atoms with E-state index >= 15 is 0 Å². The number of nitrogens with zero attached hydrogens (tertiary/aromatic N) is 1. The smallest absolute Gasteiger partial charge is 0.263 e. The van der Waals surface area contributed by atoms with Gasteiger partial charge in [0.2, 0.25) is 0 Å². The number of ether oxygens (including phenoxy) is 1. The number of imide groups is 1. The van der Waals surface area contributed by atoms with E-state index in [-0.39, 0.29) is 11.8 Å². The Labute approximate surface area is 356 Å². The maximum Gasteiger partial charge on any atom is 0.263 e. The van der Waals surface area contributed by atoms with Gasteiger partial charge in [0.25, 0.3) is 11.8 Å². The Morgan fingerprint density at radius 3 is 1.48 bits per heavy atom. The van der Waals surface area contributed by atoms with Crippen LogP contribution in [0.2, 0.25) is 0 Å². The first kappa shape index (κ1) is 43.2. The molecule has 0 aromatic carbocycles. The number of carbonyl (C=O) groups is 2. The van der Waals surface area contributed by atoms with E-state index in [0.717, 1.165) is 21.2 Å². The summed E-state index contributed by atoms with van der Waals surface area (Å²) in [7, 11) is 0. The van der Waals surface area contributed by atoms with E-state index in [1.54, 1.807) is 22.7 Å². The van der Waals surface area contributed by atoms with Crippen LogP contribution in [0.4, 0.5) is 0 Å². The zero-order valence-corrected chi connectivity index (χ0v) is 38.1. The Morgan fingerprint density at radius 1 is 0.518 bits per heavy atom. The van der Waals surface area contributed by atoms with Gasteiger partial charge in [-0.3, -0.25) is 14.5 Å². The van der Waals surface area contributed by atoms with Crippen LogP contribution in [0.5, 0.6) is 0 Å². The number of hydrogen-bond acceptors (Lipinski definition) is 8. The molecule has 0 aliphatic carbocycles. The van der Waals surface area contributed by atoms with Crippen LogP contribution in [-0.2, 0) is 4.74 Å². The predicted molar refractivity (Wildman–Crippen MR) is 247 cm³/mol. The van der Waals surface area contributed by atoms with Crippen molar-refractivity contribution in [3.8, 4) is 39.0 Å². The highest BCUT2D eigenvalue weighted by Crippen LogP contribution is 2.47. The molecule has 0 saturated heterocycles. The van der Waals surface area contributed by atoms with Gasteiger partial charge in [0.1, 0.15) is 0 Å². The number of amides is 2. The van der Waals surface area contributed by atoms with Crippen molar-refractivity contribution < 1.29 is 14.3 Å². The number of hydrogen-bond donors (Lipinski definition) is 0. The standard InChI is InChI=1S/C47H61NO3S5/c1-5-7-9-11-13-14-16-18-21-35(20-17-15-12-10-8-6-2)32-51-31-19-30-48-46(49)43-34(4)53-45(44(43)47(48)50)42-29-28-41(56-42)40-27-26-39(55-40)38-25-24-37(54-38)36-23-22-33(3)52-36/h22-29,35H,5-21,30-32H2,1-4H3. The lowest BCUT2D eigenvalue weighted by Crippen LogP contribution is -2.31. The average Bonchev–Trinajstić information content (AvgIpc) is 4.05. The van der Waals surface area contributed by atoms with Gasteiger partial charge in [0.05, 0.1) is 16.0 Å². The normalized spacial score (nSPS) is 13.4. The average molecular weight is 848 g/mol. The van der Waals surface area contributed by atoms with Crippen LogP contribution in [0.15, 0.2) is 48.5 Å². The molecule has 0 fully saturated rings. The molecule has 0 N–H and O–H groups in total. The molecule has 5 aromatic rings. The largest absolute Gasteiger partial charge is 0.381 e. The van der Waals surface area contributed by atoms with Crippen LogP contribution < -0.4 is 0 Å². The Hall–Kier alpha value is -2.40. The molecule has 0 spiro atoms. The summed E-state index contributed by atoms with van der Waals surface area (Å²) in [6.07, 6.45) is 21.9. The summed E-state index contributed by atoms with van der Waals surface area (Å²) in [6, 6.07) is 17.6. The quantitative estimate of drug-likeness (QED) is 0.0411. The molecule has 1 aliphatic rings. The van der Waals surface area contributed by atoms with Crippen molar-refractivity contribution in [2.75, 3.05) is 19.8 Å². The number of carbonyl (C=O) groups excluding carboxylic acids is 2. The maximum absolute atomic E-state index is 13.9. The third-order valence-corrected chi connectivity index (χ3v) is 17.1. The number of fused-ring (bicyclic) bond motifs is 1. The van der Waals surface area contributed by atoms with Crippen molar-refractivity contribution in [3.05, 3.63) is 69.4 Å². The molecule has 1 aliphatic heterocycles. The molecule has 0 radical (unpaired) electrons. The van der Waals surface area contributed by atoms with Gasteiger partial charge in [0, 0.05) is 63.7 Å². The SMILES string of the molecule is CCCCCCCCCCC(CCCCCCCC)COCCCN1C(=O)c2c(C)sc(-c3ccc(-c4ccc(-c5ccc(-c6ccc(C)s6)s5)s4)s3)c2C1=O. The molecule has 5 aromatic heterocycles. The van der Waals surface area contributed by atoms with Gasteiger partial charge in [-0.1, -0.05) is 104 Å². The first-order chi connectivity index (χ1) is 27.4. The summed E-state index contributed by atoms with van der Waals surface area (Å²) >= 11 is 8.78. The minimum Gasteiger partial charge on any atom is -0.381 e. The summed E-state index contributed by atoms with van der Waals surface area (Å²) in [5.74, 6) is 0.310. The monoisotopic (exact) mass is 847 g/mol. The first-order valence-electron chi connectivity index (χ1n) is 21.3. The van der Waals surface area contributed by atoms with E-state index in [2.05, 4.69) is 69.3 Å². The topological polar surface area (TPSA) is 46.6 Å². The van der Waals surface area contributed by atoms with Gasteiger partial charge < -0.3 is 4.74 Å². The molecule has 302 valence electrons. The second-order valence-electron chi connectivity index (χ2n) is 15.5. The highest BCUT2D eigenvalue weighted by molar-refractivity contribution is 7.29. The Morgan fingerprint density at radius 2 is 0.964 bits per heavy atom. The molecule has 1 atom stereocenters. The minimum atomic E-state index is -0.150. The zero-order chi connectivity index (χ0) is 39.3. The molecule has 56 heavy (non-hydrogen) atoms. The molecule has 0 bridgehead atoms. The van der Waals surface area contributed by atoms with Crippen LogP contribution in [0.3, 0.4) is 0 Å². The lowest BCUT2D eigenvalue weighted by molar-refractivity contribution is 0.0596. The van der Waals surface area contributed by atoms with Gasteiger partial charge >= 0.3 is 0 Å². The van der Waals surface area contributed by atoms with E-state index < -0.39 is 0 Å². The molecule has 1 unspecified atom stereocenters. The molecular weight excluding hydrogens is 787 g/mol. The maximum atomic E-state index is 13.9. The second-order valence-corrected chi connectivity index (χ2v) is 21.3. The van der Waals surface area contributed by atoms with E-state index in [1.807, 2.05) is 40.9 Å². The summed E-state index contributed by atoms with van der Waals surface area (Å²) < 4.78 is 6.27. The molecule has 9 heteroatoms. The van der Waals surface area contributed by atoms with Gasteiger partial charge in [0.15, 0.2) is 0 Å². The highest BCUT2D eigenvalue weighted by Gasteiger charge is 2.41. The molecule has 6 heterocycles. The second kappa shape index (κ2) is 22.1. The van der Waals surface area contributed by atoms with Crippen molar-refractivity contribution in [2.24, 2.45) is 5.92 Å². The van der Waals surface area contributed by atoms with E-state index in [4.69, 9.17) is 4.74 Å². The molecule has 4 nitrogen and oxygen atoms in total. The van der Waals surface area contributed by atoms with Crippen LogP contribution in [-0.4, -0.2) is 36.5 Å². The molecule has 6 rings (SSSR count). The molecule has 2 amide bonds. The highest BCUT2D eigenvalue weighted by atomic mass is 32.1. The van der Waals surface area contributed by atoms with Crippen LogP contribution in [0.1, 0.15) is 153 Å². The van der Waals surface area contributed by atoms with Crippen LogP contribution in [0, 0.1) is 19.8 Å². The van der Waals surface area contributed by atoms with Gasteiger partial charge in [-0.2, -0.15) is 0 Å². The van der Waals surface area contributed by atoms with Crippen molar-refractivity contribution in [1.82, 2.24) is 4.90 Å². The third-order valence-electron chi connectivity index (χ3n) is 11.0. The minimum absolute atomic E-state index is 0.145. The van der Waals surface area contributed by atoms with Crippen LogP contribution >= 0.6 is 56.7 Å². The van der Waals surface area contributed by atoms with E-state index in [9.17, 15) is 9.59 Å². The number of aryl methyl sites for hydroxylation is 2. The van der Waals surface area contributed by atoms with E-state index in [0.29, 0.717) is 36.6 Å². The van der Waals surface area contributed by atoms with Crippen molar-refractivity contribution >= 4 is 68.5 Å². The summed E-state index contributed by atoms with van der Waals surface area (Å²) in [4.78, 5) is 40.8. The fourth-order valence-electron chi connectivity index (χ4n) is 7.78. The summed E-state index contributed by atoms with van der Waals surface area (Å²) in [6.45, 7) is 10.5. The summed E-state index contributed by atoms with van der Waals surface area (Å²) in [5.41, 5.74) is 1.20. The van der Waals surface area contributed by atoms with Crippen molar-refractivity contribution in [3.63, 3.8) is 0 Å². The van der Waals surface area contributed by atoms with Crippen molar-refractivity contribution in [2.45, 2.75) is 137 Å². The third kappa shape index (κ3) is 11.4. The Kier molecular flexibility index (Phi) is 17.0. The number of rotatable bonds is 26. The van der Waals surface area contributed by atoms with Crippen molar-refractivity contribution in [1.29, 1.82) is 0 Å². The fraction of sp³-hybridized carbons (Fsp3) is 0.532.